The lowest BCUT2D eigenvalue weighted by Gasteiger charge is -2.27. The van der Waals surface area contributed by atoms with E-state index in [1.165, 1.54) is 0 Å². The van der Waals surface area contributed by atoms with Crippen molar-refractivity contribution in [3.63, 3.8) is 0 Å². The minimum Gasteiger partial charge on any atom is -0.481 e. The molecule has 3 N–H and O–H groups in total. The zero-order valence-electron chi connectivity index (χ0n) is 14.0. The van der Waals surface area contributed by atoms with Crippen molar-refractivity contribution in [1.29, 1.82) is 0 Å². The van der Waals surface area contributed by atoms with E-state index in [2.05, 4.69) is 10.6 Å². The lowest BCUT2D eigenvalue weighted by Crippen LogP contribution is -2.48. The molecule has 0 spiro atoms. The summed E-state index contributed by atoms with van der Waals surface area (Å²) in [5.41, 5.74) is -0.520. The Morgan fingerprint density at radius 1 is 1.19 bits per heavy atom. The maximum absolute atomic E-state index is 11.8. The van der Waals surface area contributed by atoms with Gasteiger partial charge >= 0.3 is 12.1 Å². The molecule has 0 aliphatic rings. The second-order valence-corrected chi connectivity index (χ2v) is 6.74. The number of carboxylic acids is 1. The van der Waals surface area contributed by atoms with Crippen molar-refractivity contribution in [1.82, 2.24) is 10.6 Å². The van der Waals surface area contributed by atoms with E-state index in [0.29, 0.717) is 13.0 Å². The summed E-state index contributed by atoms with van der Waals surface area (Å²) in [6.45, 7) is 12.0. The molecule has 0 saturated heterocycles. The highest BCUT2D eigenvalue weighted by Crippen LogP contribution is 2.08. The molecule has 2 atom stereocenters. The third-order valence-corrected chi connectivity index (χ3v) is 2.98. The van der Waals surface area contributed by atoms with E-state index in [4.69, 9.17) is 9.84 Å². The maximum Gasteiger partial charge on any atom is 0.407 e. The van der Waals surface area contributed by atoms with Gasteiger partial charge < -0.3 is 20.5 Å². The van der Waals surface area contributed by atoms with Gasteiger partial charge in [0, 0.05) is 25.0 Å². The van der Waals surface area contributed by atoms with Crippen LogP contribution in [-0.4, -0.2) is 41.4 Å². The SMILES string of the molecule is CC(CCC(=O)O)NCC(NC(=O)OC(C)(C)C)C(C)C. The lowest BCUT2D eigenvalue weighted by molar-refractivity contribution is -0.137. The molecule has 0 aliphatic carbocycles. The second kappa shape index (κ2) is 8.87. The van der Waals surface area contributed by atoms with E-state index in [-0.39, 0.29) is 24.4 Å². The first-order chi connectivity index (χ1) is 9.51. The second-order valence-electron chi connectivity index (χ2n) is 6.74. The number of hydrogen-bond donors (Lipinski definition) is 3. The summed E-state index contributed by atoms with van der Waals surface area (Å²) >= 11 is 0. The van der Waals surface area contributed by atoms with Crippen LogP contribution in [0.15, 0.2) is 0 Å². The van der Waals surface area contributed by atoms with Gasteiger partial charge in [0.25, 0.3) is 0 Å². The van der Waals surface area contributed by atoms with E-state index in [1.807, 2.05) is 41.5 Å². The molecule has 0 radical (unpaired) electrons. The van der Waals surface area contributed by atoms with E-state index >= 15 is 0 Å². The van der Waals surface area contributed by atoms with Crippen LogP contribution in [0.4, 0.5) is 4.79 Å². The van der Waals surface area contributed by atoms with Gasteiger partial charge in [-0.05, 0) is 40.0 Å². The van der Waals surface area contributed by atoms with Crippen LogP contribution in [-0.2, 0) is 9.53 Å². The van der Waals surface area contributed by atoms with Crippen LogP contribution in [0.25, 0.3) is 0 Å². The molecule has 1 amide bonds. The zero-order valence-corrected chi connectivity index (χ0v) is 14.0. The molecular weight excluding hydrogens is 272 g/mol. The van der Waals surface area contributed by atoms with Gasteiger partial charge in [-0.1, -0.05) is 13.8 Å². The molecule has 0 aromatic rings. The fourth-order valence-corrected chi connectivity index (χ4v) is 1.68. The van der Waals surface area contributed by atoms with Gasteiger partial charge in [0.05, 0.1) is 0 Å². The predicted octanol–water partition coefficient (Wildman–Crippen LogP) is 2.38. The van der Waals surface area contributed by atoms with E-state index in [1.54, 1.807) is 0 Å². The number of alkyl carbamates (subject to hydrolysis) is 1. The van der Waals surface area contributed by atoms with Crippen LogP contribution < -0.4 is 10.6 Å². The van der Waals surface area contributed by atoms with Crippen LogP contribution in [0.1, 0.15) is 54.4 Å². The molecule has 0 saturated carbocycles. The van der Waals surface area contributed by atoms with Crippen molar-refractivity contribution < 1.29 is 19.4 Å². The molecule has 6 nitrogen and oxygen atoms in total. The molecule has 124 valence electrons. The van der Waals surface area contributed by atoms with Crippen molar-refractivity contribution in [2.75, 3.05) is 6.54 Å². The smallest absolute Gasteiger partial charge is 0.407 e. The average Bonchev–Trinajstić information content (AvgIpc) is 2.29. The van der Waals surface area contributed by atoms with Crippen LogP contribution in [0.3, 0.4) is 0 Å². The first-order valence-corrected chi connectivity index (χ1v) is 7.46. The topological polar surface area (TPSA) is 87.7 Å². The third-order valence-electron chi connectivity index (χ3n) is 2.98. The van der Waals surface area contributed by atoms with Gasteiger partial charge in [0.2, 0.25) is 0 Å². The lowest BCUT2D eigenvalue weighted by atomic mass is 10.0. The zero-order chi connectivity index (χ0) is 16.6. The van der Waals surface area contributed by atoms with Gasteiger partial charge in [-0.25, -0.2) is 4.79 Å². The number of hydrogen-bond acceptors (Lipinski definition) is 4. The number of rotatable bonds is 8. The highest BCUT2D eigenvalue weighted by Gasteiger charge is 2.21. The van der Waals surface area contributed by atoms with Crippen molar-refractivity contribution in [2.45, 2.75) is 72.1 Å². The van der Waals surface area contributed by atoms with Crippen LogP contribution in [0.2, 0.25) is 0 Å². The summed E-state index contributed by atoms with van der Waals surface area (Å²) < 4.78 is 5.25. The van der Waals surface area contributed by atoms with Crippen molar-refractivity contribution >= 4 is 12.1 Å². The highest BCUT2D eigenvalue weighted by atomic mass is 16.6. The van der Waals surface area contributed by atoms with Gasteiger partial charge in [-0.15, -0.1) is 0 Å². The van der Waals surface area contributed by atoms with Gasteiger partial charge in [0.1, 0.15) is 5.60 Å². The summed E-state index contributed by atoms with van der Waals surface area (Å²) in [5, 5.41) is 14.8. The molecule has 0 aromatic carbocycles. The Hall–Kier alpha value is -1.30. The largest absolute Gasteiger partial charge is 0.481 e. The first kappa shape index (κ1) is 19.7. The minimum atomic E-state index is -0.795. The van der Waals surface area contributed by atoms with Crippen LogP contribution >= 0.6 is 0 Å². The van der Waals surface area contributed by atoms with Crippen molar-refractivity contribution in [3.05, 3.63) is 0 Å². The van der Waals surface area contributed by atoms with Gasteiger partial charge in [0.15, 0.2) is 0 Å². The van der Waals surface area contributed by atoms with Crippen LogP contribution in [0, 0.1) is 5.92 Å². The number of nitrogens with one attached hydrogen (secondary N) is 2. The molecule has 0 aliphatic heterocycles. The molecule has 6 heteroatoms. The summed E-state index contributed by atoms with van der Waals surface area (Å²) in [7, 11) is 0. The standard InChI is InChI=1S/C15H30N2O4/c1-10(2)12(17-14(20)21-15(4,5)6)9-16-11(3)7-8-13(18)19/h10-12,16H,7-9H2,1-6H3,(H,17,20)(H,18,19). The maximum atomic E-state index is 11.8. The first-order valence-electron chi connectivity index (χ1n) is 7.46. The average molecular weight is 302 g/mol. The summed E-state index contributed by atoms with van der Waals surface area (Å²) in [6, 6.07) is 0.0231. The van der Waals surface area contributed by atoms with E-state index in [0.717, 1.165) is 0 Å². The number of ether oxygens (including phenoxy) is 1. The van der Waals surface area contributed by atoms with E-state index < -0.39 is 17.7 Å². The van der Waals surface area contributed by atoms with Gasteiger partial charge in [-0.3, -0.25) is 4.79 Å². The molecule has 0 heterocycles. The molecule has 0 bridgehead atoms. The van der Waals surface area contributed by atoms with E-state index in [9.17, 15) is 9.59 Å². The highest BCUT2D eigenvalue weighted by molar-refractivity contribution is 5.68. The fourth-order valence-electron chi connectivity index (χ4n) is 1.68. The third kappa shape index (κ3) is 11.1. The summed E-state index contributed by atoms with van der Waals surface area (Å²) in [6.07, 6.45) is 0.272. The Morgan fingerprint density at radius 3 is 2.19 bits per heavy atom. The Bertz CT molecular complexity index is 337. The molecule has 2 unspecified atom stereocenters. The number of carbonyl (C=O) groups excluding carboxylic acids is 1. The van der Waals surface area contributed by atoms with Gasteiger partial charge in [-0.2, -0.15) is 0 Å². The fraction of sp³-hybridized carbons (Fsp3) is 0.867. The number of carboxylic acid groups (broad SMARTS) is 1. The molecule has 21 heavy (non-hydrogen) atoms. The summed E-state index contributed by atoms with van der Waals surface area (Å²) in [4.78, 5) is 22.3. The Labute approximate surface area is 127 Å². The number of aliphatic carboxylic acids is 1. The van der Waals surface area contributed by atoms with Crippen molar-refractivity contribution in [2.24, 2.45) is 5.92 Å². The molecule has 0 aromatic heterocycles. The number of amides is 1. The van der Waals surface area contributed by atoms with Crippen LogP contribution in [0.5, 0.6) is 0 Å². The Kier molecular flexibility index (Phi) is 8.32. The summed E-state index contributed by atoms with van der Waals surface area (Å²) in [5.74, 6) is -0.548. The Morgan fingerprint density at radius 2 is 1.76 bits per heavy atom. The monoisotopic (exact) mass is 302 g/mol. The minimum absolute atomic E-state index is 0.0628. The normalized spacial score (nSPS) is 14.6. The quantitative estimate of drug-likeness (QED) is 0.641. The Balaban J connectivity index is 4.25. The van der Waals surface area contributed by atoms with Crippen molar-refractivity contribution in [3.8, 4) is 0 Å². The number of carbonyl (C=O) groups is 2. The molecular formula is C15H30N2O4. The predicted molar refractivity (Wildman–Crippen MR) is 82.3 cm³/mol. The molecule has 0 rings (SSSR count). The molecule has 0 fully saturated rings.